The van der Waals surface area contributed by atoms with Crippen molar-refractivity contribution in [3.05, 3.63) is 11.8 Å². The van der Waals surface area contributed by atoms with Gasteiger partial charge < -0.3 is 0 Å². The van der Waals surface area contributed by atoms with Crippen LogP contribution >= 0.6 is 0 Å². The highest BCUT2D eigenvalue weighted by atomic mass is 28.3. The van der Waals surface area contributed by atoms with Crippen LogP contribution in [0.25, 0.3) is 0 Å². The Balaban J connectivity index is 3.17. The summed E-state index contributed by atoms with van der Waals surface area (Å²) in [6, 6.07) is 0. The van der Waals surface area contributed by atoms with E-state index in [9.17, 15) is 0 Å². The van der Waals surface area contributed by atoms with Crippen LogP contribution in [-0.2, 0) is 0 Å². The highest BCUT2D eigenvalue weighted by molar-refractivity contribution is 6.80. The number of allylic oxidation sites excluding steroid dienone is 1. The van der Waals surface area contributed by atoms with Crippen molar-refractivity contribution in [3.63, 3.8) is 0 Å². The Hall–Kier alpha value is -0.0431. The second kappa shape index (κ2) is 8.28. The molecule has 0 amide bonds. The van der Waals surface area contributed by atoms with Gasteiger partial charge in [-0.2, -0.15) is 0 Å². The summed E-state index contributed by atoms with van der Waals surface area (Å²) in [5.74, 6) is 0. The van der Waals surface area contributed by atoms with Crippen LogP contribution in [0.3, 0.4) is 0 Å². The molecule has 0 atom stereocenters. The zero-order chi connectivity index (χ0) is 10.9. The number of hydrogen-bond acceptors (Lipinski definition) is 0. The molecule has 0 saturated carbocycles. The molecule has 0 aromatic carbocycles. The number of rotatable bonds is 8. The molecule has 0 N–H and O–H groups in total. The summed E-state index contributed by atoms with van der Waals surface area (Å²) in [4.78, 5) is 0. The summed E-state index contributed by atoms with van der Waals surface area (Å²) in [6.07, 6.45) is 12.2. The van der Waals surface area contributed by atoms with Gasteiger partial charge in [0.1, 0.15) is 0 Å². The second-order valence-corrected chi connectivity index (χ2v) is 10.4. The lowest BCUT2D eigenvalue weighted by Gasteiger charge is -2.07. The van der Waals surface area contributed by atoms with Crippen LogP contribution in [0, 0.1) is 0 Å². The standard InChI is InChI=1S/C13H28Si/c1-5-6-7-8-9-10-11-12-13-14(2,3)4/h12-13H,5-11H2,1-4H3/b13-12+. The quantitative estimate of drug-likeness (QED) is 0.384. The van der Waals surface area contributed by atoms with Gasteiger partial charge in [0.25, 0.3) is 0 Å². The Kier molecular flexibility index (Phi) is 8.25. The average molecular weight is 212 g/mol. The monoisotopic (exact) mass is 212 g/mol. The van der Waals surface area contributed by atoms with Gasteiger partial charge in [-0.05, 0) is 12.8 Å². The molecular weight excluding hydrogens is 184 g/mol. The zero-order valence-corrected chi connectivity index (χ0v) is 11.6. The Morgan fingerprint density at radius 2 is 1.43 bits per heavy atom. The molecule has 0 rings (SSSR count). The molecule has 0 aromatic heterocycles. The first kappa shape index (κ1) is 14.0. The van der Waals surface area contributed by atoms with Gasteiger partial charge in [0.15, 0.2) is 0 Å². The molecule has 14 heavy (non-hydrogen) atoms. The summed E-state index contributed by atoms with van der Waals surface area (Å²) in [7, 11) is -0.919. The predicted molar refractivity (Wildman–Crippen MR) is 70.5 cm³/mol. The van der Waals surface area contributed by atoms with Crippen molar-refractivity contribution in [1.29, 1.82) is 0 Å². The maximum Gasteiger partial charge on any atom is 0.0682 e. The Morgan fingerprint density at radius 1 is 0.857 bits per heavy atom. The minimum Gasteiger partial charge on any atom is -0.0989 e. The zero-order valence-electron chi connectivity index (χ0n) is 10.6. The van der Waals surface area contributed by atoms with Gasteiger partial charge in [-0.3, -0.25) is 0 Å². The van der Waals surface area contributed by atoms with Crippen LogP contribution in [0.5, 0.6) is 0 Å². The highest BCUT2D eigenvalue weighted by Crippen LogP contribution is 2.08. The van der Waals surface area contributed by atoms with Crippen LogP contribution in [0.2, 0.25) is 19.6 Å². The molecule has 0 spiro atoms. The molecule has 0 heterocycles. The van der Waals surface area contributed by atoms with Gasteiger partial charge in [-0.1, -0.05) is 70.4 Å². The third kappa shape index (κ3) is 12.0. The van der Waals surface area contributed by atoms with Crippen molar-refractivity contribution in [3.8, 4) is 0 Å². The highest BCUT2D eigenvalue weighted by Gasteiger charge is 2.05. The van der Waals surface area contributed by atoms with Gasteiger partial charge in [-0.15, -0.1) is 0 Å². The molecule has 0 aliphatic heterocycles. The molecule has 84 valence electrons. The van der Waals surface area contributed by atoms with Gasteiger partial charge >= 0.3 is 0 Å². The second-order valence-electron chi connectivity index (χ2n) is 5.32. The van der Waals surface area contributed by atoms with Gasteiger partial charge in [0.2, 0.25) is 0 Å². The van der Waals surface area contributed by atoms with Crippen molar-refractivity contribution in [1.82, 2.24) is 0 Å². The predicted octanol–water partition coefficient (Wildman–Crippen LogP) is 5.17. The van der Waals surface area contributed by atoms with Crippen LogP contribution in [0.1, 0.15) is 51.9 Å². The van der Waals surface area contributed by atoms with Crippen LogP contribution in [0.4, 0.5) is 0 Å². The van der Waals surface area contributed by atoms with E-state index in [4.69, 9.17) is 0 Å². The van der Waals surface area contributed by atoms with Crippen molar-refractivity contribution < 1.29 is 0 Å². The van der Waals surface area contributed by atoms with E-state index in [0.29, 0.717) is 0 Å². The molecule has 1 heteroatoms. The summed E-state index contributed by atoms with van der Waals surface area (Å²) >= 11 is 0. The fraction of sp³-hybridized carbons (Fsp3) is 0.846. The molecule has 0 aliphatic rings. The summed E-state index contributed by atoms with van der Waals surface area (Å²) < 4.78 is 0. The van der Waals surface area contributed by atoms with Crippen molar-refractivity contribution >= 4 is 8.07 Å². The van der Waals surface area contributed by atoms with E-state index >= 15 is 0 Å². The lowest BCUT2D eigenvalue weighted by atomic mass is 10.1. The third-order valence-electron chi connectivity index (χ3n) is 2.34. The fourth-order valence-corrected chi connectivity index (χ4v) is 2.35. The Morgan fingerprint density at radius 3 is 2.00 bits per heavy atom. The fourth-order valence-electron chi connectivity index (χ4n) is 1.48. The normalized spacial score (nSPS) is 12.6. The van der Waals surface area contributed by atoms with E-state index in [1.807, 2.05) is 0 Å². The maximum absolute atomic E-state index is 2.47. The van der Waals surface area contributed by atoms with E-state index in [0.717, 1.165) is 0 Å². The van der Waals surface area contributed by atoms with Gasteiger partial charge in [0, 0.05) is 0 Å². The molecule has 0 unspecified atom stereocenters. The topological polar surface area (TPSA) is 0 Å². The van der Waals surface area contributed by atoms with E-state index in [1.165, 1.54) is 44.9 Å². The minimum atomic E-state index is -0.919. The number of hydrogen-bond donors (Lipinski definition) is 0. The first-order valence-corrected chi connectivity index (χ1v) is 9.81. The van der Waals surface area contributed by atoms with Crippen LogP contribution in [0.15, 0.2) is 11.8 Å². The molecule has 0 radical (unpaired) electrons. The summed E-state index contributed by atoms with van der Waals surface area (Å²) in [5.41, 5.74) is 2.47. The first-order valence-electron chi connectivity index (χ1n) is 6.24. The maximum atomic E-state index is 2.47. The molecular formula is C13H28Si. The SMILES string of the molecule is CCCCCCCC/C=C/[Si](C)(C)C. The Labute approximate surface area is 91.8 Å². The first-order chi connectivity index (χ1) is 6.56. The summed E-state index contributed by atoms with van der Waals surface area (Å²) in [5, 5.41) is 0. The van der Waals surface area contributed by atoms with E-state index in [2.05, 4.69) is 38.3 Å². The molecule has 0 bridgehead atoms. The van der Waals surface area contributed by atoms with Gasteiger partial charge in [-0.25, -0.2) is 0 Å². The third-order valence-corrected chi connectivity index (χ3v) is 3.58. The average Bonchev–Trinajstić information content (AvgIpc) is 2.08. The molecule has 0 saturated heterocycles. The lowest BCUT2D eigenvalue weighted by Crippen LogP contribution is -2.15. The smallest absolute Gasteiger partial charge is 0.0682 e. The summed E-state index contributed by atoms with van der Waals surface area (Å²) in [6.45, 7) is 9.46. The van der Waals surface area contributed by atoms with Crippen LogP contribution in [-0.4, -0.2) is 8.07 Å². The minimum absolute atomic E-state index is 0.919. The van der Waals surface area contributed by atoms with Crippen molar-refractivity contribution in [2.24, 2.45) is 0 Å². The van der Waals surface area contributed by atoms with E-state index < -0.39 is 8.07 Å². The molecule has 0 fully saturated rings. The molecule has 0 aliphatic carbocycles. The lowest BCUT2D eigenvalue weighted by molar-refractivity contribution is 0.611. The van der Waals surface area contributed by atoms with E-state index in [-0.39, 0.29) is 0 Å². The number of unbranched alkanes of at least 4 members (excludes halogenated alkanes) is 6. The Bertz CT molecular complexity index is 142. The van der Waals surface area contributed by atoms with Gasteiger partial charge in [0.05, 0.1) is 8.07 Å². The van der Waals surface area contributed by atoms with E-state index in [1.54, 1.807) is 0 Å². The molecule has 0 aromatic rings. The van der Waals surface area contributed by atoms with Crippen molar-refractivity contribution in [2.45, 2.75) is 71.5 Å². The van der Waals surface area contributed by atoms with Crippen LogP contribution < -0.4 is 0 Å². The van der Waals surface area contributed by atoms with Crippen molar-refractivity contribution in [2.75, 3.05) is 0 Å². The molecule has 0 nitrogen and oxygen atoms in total. The largest absolute Gasteiger partial charge is 0.0989 e.